The van der Waals surface area contributed by atoms with E-state index in [4.69, 9.17) is 18.6 Å². The zero-order valence-electron chi connectivity index (χ0n) is 13.3. The van der Waals surface area contributed by atoms with Gasteiger partial charge in [0.2, 0.25) is 5.75 Å². The number of rotatable bonds is 6. The lowest BCUT2D eigenvalue weighted by atomic mass is 10.1. The Morgan fingerprint density at radius 3 is 2.57 bits per heavy atom. The molecule has 0 aliphatic rings. The molecule has 3 rings (SSSR count). The predicted molar refractivity (Wildman–Crippen MR) is 87.4 cm³/mol. The molecule has 3 aromatic rings. The fraction of sp³-hybridized carbons (Fsp3) is 0.235. The quantitative estimate of drug-likeness (QED) is 0.751. The third-order valence-electron chi connectivity index (χ3n) is 3.57. The van der Waals surface area contributed by atoms with Crippen LogP contribution >= 0.6 is 0 Å². The van der Waals surface area contributed by atoms with Gasteiger partial charge in [0, 0.05) is 6.20 Å². The van der Waals surface area contributed by atoms with Crippen LogP contribution in [-0.4, -0.2) is 26.3 Å². The topological polar surface area (TPSA) is 65.8 Å². The molecule has 0 saturated heterocycles. The molecule has 0 atom stereocenters. The maximum absolute atomic E-state index is 5.56. The number of pyridine rings is 1. The van der Waals surface area contributed by atoms with E-state index in [1.54, 1.807) is 33.8 Å². The molecule has 0 bridgehead atoms. The molecule has 0 fully saturated rings. The van der Waals surface area contributed by atoms with Crippen molar-refractivity contribution in [2.24, 2.45) is 0 Å². The maximum Gasteiger partial charge on any atom is 0.204 e. The van der Waals surface area contributed by atoms with Gasteiger partial charge in [0.25, 0.3) is 0 Å². The summed E-state index contributed by atoms with van der Waals surface area (Å²) in [7, 11) is 4.78. The van der Waals surface area contributed by atoms with Gasteiger partial charge in [-0.2, -0.15) is 0 Å². The van der Waals surface area contributed by atoms with Crippen LogP contribution in [0.15, 0.2) is 41.1 Å². The lowest BCUT2D eigenvalue weighted by Crippen LogP contribution is -2.03. The highest BCUT2D eigenvalue weighted by atomic mass is 16.5. The first-order chi connectivity index (χ1) is 11.3. The van der Waals surface area contributed by atoms with E-state index in [2.05, 4.69) is 10.3 Å². The second-order valence-electron chi connectivity index (χ2n) is 4.84. The fourth-order valence-electron chi connectivity index (χ4n) is 2.53. The molecule has 23 heavy (non-hydrogen) atoms. The van der Waals surface area contributed by atoms with Gasteiger partial charge < -0.3 is 23.9 Å². The summed E-state index contributed by atoms with van der Waals surface area (Å²) in [5, 5.41) is 5.05. The van der Waals surface area contributed by atoms with E-state index in [0.29, 0.717) is 29.6 Å². The highest BCUT2D eigenvalue weighted by Gasteiger charge is 2.19. The monoisotopic (exact) mass is 314 g/mol. The molecule has 1 aromatic carbocycles. The molecule has 1 N–H and O–H groups in total. The van der Waals surface area contributed by atoms with Crippen LogP contribution < -0.4 is 19.5 Å². The van der Waals surface area contributed by atoms with Crippen molar-refractivity contribution >= 4 is 16.6 Å². The Balaban J connectivity index is 2.11. The molecular weight excluding hydrogens is 296 g/mol. The molecule has 0 aliphatic carbocycles. The summed E-state index contributed by atoms with van der Waals surface area (Å²) in [6.07, 6.45) is 3.38. The summed E-state index contributed by atoms with van der Waals surface area (Å²) in [5.41, 5.74) is 0. The van der Waals surface area contributed by atoms with E-state index in [1.807, 2.05) is 24.3 Å². The molecule has 120 valence electrons. The molecule has 0 amide bonds. The number of nitrogens with zero attached hydrogens (tertiary/aromatic N) is 1. The predicted octanol–water partition coefficient (Wildman–Crippen LogP) is 3.47. The number of fused-ring (bicyclic) bond motifs is 1. The minimum absolute atomic E-state index is 0.524. The molecule has 6 nitrogen and oxygen atoms in total. The van der Waals surface area contributed by atoms with Gasteiger partial charge in [0.15, 0.2) is 11.5 Å². The van der Waals surface area contributed by atoms with Crippen molar-refractivity contribution in [3.8, 4) is 17.2 Å². The molecule has 0 saturated carbocycles. The first-order valence-electron chi connectivity index (χ1n) is 7.12. The highest BCUT2D eigenvalue weighted by Crippen LogP contribution is 2.45. The maximum atomic E-state index is 5.56. The first-order valence-corrected chi connectivity index (χ1v) is 7.12. The molecule has 0 aliphatic heterocycles. The normalized spacial score (nSPS) is 10.6. The molecule has 0 radical (unpaired) electrons. The van der Waals surface area contributed by atoms with Crippen LogP contribution in [0.4, 0.5) is 5.82 Å². The zero-order valence-corrected chi connectivity index (χ0v) is 13.3. The second-order valence-corrected chi connectivity index (χ2v) is 4.84. The summed E-state index contributed by atoms with van der Waals surface area (Å²) >= 11 is 0. The number of furan rings is 1. The summed E-state index contributed by atoms with van der Waals surface area (Å²) < 4.78 is 21.7. The van der Waals surface area contributed by atoms with E-state index in [0.717, 1.165) is 16.5 Å². The Morgan fingerprint density at radius 1 is 1.09 bits per heavy atom. The minimum atomic E-state index is 0.524. The molecule has 2 aromatic heterocycles. The van der Waals surface area contributed by atoms with Gasteiger partial charge in [-0.1, -0.05) is 0 Å². The van der Waals surface area contributed by atoms with Gasteiger partial charge in [-0.05, 0) is 29.7 Å². The summed E-state index contributed by atoms with van der Waals surface area (Å²) in [5.74, 6) is 3.24. The van der Waals surface area contributed by atoms with Crippen molar-refractivity contribution in [3.05, 3.63) is 42.5 Å². The number of aromatic nitrogens is 1. The van der Waals surface area contributed by atoms with Gasteiger partial charge in [0.1, 0.15) is 11.6 Å². The molecule has 0 unspecified atom stereocenters. The Morgan fingerprint density at radius 2 is 1.91 bits per heavy atom. The third-order valence-corrected chi connectivity index (χ3v) is 3.57. The number of methoxy groups -OCH3 is 3. The Hall–Kier alpha value is -2.89. The van der Waals surface area contributed by atoms with Crippen LogP contribution in [0.1, 0.15) is 5.76 Å². The number of benzene rings is 1. The van der Waals surface area contributed by atoms with E-state index in [1.165, 1.54) is 0 Å². The summed E-state index contributed by atoms with van der Waals surface area (Å²) in [6, 6.07) is 7.55. The van der Waals surface area contributed by atoms with Gasteiger partial charge in [-0.15, -0.1) is 0 Å². The smallest absolute Gasteiger partial charge is 0.204 e. The summed E-state index contributed by atoms with van der Waals surface area (Å²) in [4.78, 5) is 4.42. The largest absolute Gasteiger partial charge is 0.493 e. The number of ether oxygens (including phenoxy) is 3. The van der Waals surface area contributed by atoms with Crippen LogP contribution in [0, 0.1) is 0 Å². The van der Waals surface area contributed by atoms with E-state index < -0.39 is 0 Å². The van der Waals surface area contributed by atoms with Crippen LogP contribution in [0.25, 0.3) is 10.8 Å². The van der Waals surface area contributed by atoms with Crippen LogP contribution in [-0.2, 0) is 6.54 Å². The molecular formula is C17H18N2O4. The van der Waals surface area contributed by atoms with Gasteiger partial charge in [0.05, 0.1) is 39.5 Å². The van der Waals surface area contributed by atoms with E-state index >= 15 is 0 Å². The highest BCUT2D eigenvalue weighted by molar-refractivity contribution is 6.00. The number of hydrogen-bond acceptors (Lipinski definition) is 6. The minimum Gasteiger partial charge on any atom is -0.493 e. The van der Waals surface area contributed by atoms with E-state index in [9.17, 15) is 0 Å². The average molecular weight is 314 g/mol. The third kappa shape index (κ3) is 2.75. The molecule has 6 heteroatoms. The molecule has 0 spiro atoms. The van der Waals surface area contributed by atoms with Gasteiger partial charge in [-0.3, -0.25) is 0 Å². The van der Waals surface area contributed by atoms with Crippen LogP contribution in [0.2, 0.25) is 0 Å². The Bertz CT molecular complexity index is 800. The van der Waals surface area contributed by atoms with Crippen molar-refractivity contribution < 1.29 is 18.6 Å². The zero-order chi connectivity index (χ0) is 16.2. The first kappa shape index (κ1) is 15.0. The Labute approximate surface area is 134 Å². The number of nitrogens with one attached hydrogen (secondary N) is 1. The van der Waals surface area contributed by atoms with Crippen LogP contribution in [0.5, 0.6) is 17.2 Å². The SMILES string of the molecule is COc1cc2ccnc(NCc3ccco3)c2c(OC)c1OC. The second kappa shape index (κ2) is 6.48. The van der Waals surface area contributed by atoms with Crippen LogP contribution in [0.3, 0.4) is 0 Å². The van der Waals surface area contributed by atoms with Crippen molar-refractivity contribution in [1.29, 1.82) is 0 Å². The lowest BCUT2D eigenvalue weighted by molar-refractivity contribution is 0.327. The molecule has 2 heterocycles. The van der Waals surface area contributed by atoms with Crippen molar-refractivity contribution in [2.75, 3.05) is 26.6 Å². The van der Waals surface area contributed by atoms with E-state index in [-0.39, 0.29) is 0 Å². The van der Waals surface area contributed by atoms with Crippen molar-refractivity contribution in [2.45, 2.75) is 6.54 Å². The van der Waals surface area contributed by atoms with Gasteiger partial charge in [-0.25, -0.2) is 4.98 Å². The summed E-state index contributed by atoms with van der Waals surface area (Å²) in [6.45, 7) is 0.524. The number of anilines is 1. The van der Waals surface area contributed by atoms with Crippen molar-refractivity contribution in [3.63, 3.8) is 0 Å². The Kier molecular flexibility index (Phi) is 4.23. The number of hydrogen-bond donors (Lipinski definition) is 1. The fourth-order valence-corrected chi connectivity index (χ4v) is 2.53. The van der Waals surface area contributed by atoms with Crippen molar-refractivity contribution in [1.82, 2.24) is 4.98 Å². The lowest BCUT2D eigenvalue weighted by Gasteiger charge is -2.16. The average Bonchev–Trinajstić information content (AvgIpc) is 3.11. The van der Waals surface area contributed by atoms with Gasteiger partial charge >= 0.3 is 0 Å². The standard InChI is InChI=1S/C17H18N2O4/c1-20-13-9-11-6-7-18-17(19-10-12-5-4-8-23-12)14(11)16(22-3)15(13)21-2/h4-9H,10H2,1-3H3,(H,18,19).